The van der Waals surface area contributed by atoms with E-state index in [-0.39, 0.29) is 26.5 Å². The molecular formula is C40H34IrN2O3-2. The zero-order chi connectivity index (χ0) is 31.3. The predicted octanol–water partition coefficient (Wildman–Crippen LogP) is 8.48. The summed E-state index contributed by atoms with van der Waals surface area (Å²) in [5.74, 6) is 0. The minimum Gasteiger partial charge on any atom is -0.388 e. The molecule has 0 spiro atoms. The number of benzene rings is 5. The molecule has 5 aromatic carbocycles. The molecule has 1 radical (unpaired) electrons. The van der Waals surface area contributed by atoms with Crippen LogP contribution in [0, 0.1) is 12.1 Å². The van der Waals surface area contributed by atoms with Gasteiger partial charge in [-0.1, -0.05) is 78.9 Å². The molecule has 0 saturated heterocycles. The third-order valence-corrected chi connectivity index (χ3v) is 7.16. The number of aromatic nitrogens is 2. The largest absolute Gasteiger partial charge is 0.388 e. The number of hydrogen-bond acceptors (Lipinski definition) is 5. The Labute approximate surface area is 283 Å². The Morgan fingerprint density at radius 1 is 0.587 bits per heavy atom. The summed E-state index contributed by atoms with van der Waals surface area (Å²) in [5.41, 5.74) is 4.87. The normalized spacial score (nSPS) is 11.6. The molecule has 2 N–H and O–H groups in total. The molecule has 2 atom stereocenters. The fourth-order valence-electron chi connectivity index (χ4n) is 4.85. The Bertz CT molecular complexity index is 1780. The van der Waals surface area contributed by atoms with E-state index in [0.717, 1.165) is 28.1 Å². The van der Waals surface area contributed by atoms with E-state index in [1.165, 1.54) is 28.7 Å². The van der Waals surface area contributed by atoms with E-state index < -0.39 is 12.4 Å². The average molecular weight is 783 g/mol. The van der Waals surface area contributed by atoms with Gasteiger partial charge < -0.3 is 24.9 Å². The molecular weight excluding hydrogens is 749 g/mol. The maximum atomic E-state index is 9.58. The summed E-state index contributed by atoms with van der Waals surface area (Å²) < 4.78 is 4.64. The van der Waals surface area contributed by atoms with Crippen LogP contribution in [0.25, 0.3) is 44.1 Å². The Kier molecular flexibility index (Phi) is 13.3. The quantitative estimate of drug-likeness (QED) is 0.131. The summed E-state index contributed by atoms with van der Waals surface area (Å²) >= 11 is 0. The van der Waals surface area contributed by atoms with Crippen LogP contribution >= 0.6 is 0 Å². The molecule has 6 heteroatoms. The van der Waals surface area contributed by atoms with Crippen LogP contribution in [0.3, 0.4) is 0 Å². The molecule has 0 saturated carbocycles. The van der Waals surface area contributed by atoms with E-state index in [4.69, 9.17) is 5.11 Å². The van der Waals surface area contributed by atoms with Gasteiger partial charge in [0.15, 0.2) is 6.29 Å². The van der Waals surface area contributed by atoms with E-state index in [2.05, 4.69) is 51.1 Å². The standard InChI is InChI=1S/2C15H10N.C10H14O3.Ir/c2*1-2-7-13(8-3-1)15-14-9-5-4-6-12(14)10-11-16-15;1-13-10(12)7-9(11)8-5-3-2-4-6-8;/h2*1-7,9-11H;2-6,9-12H,7H2,1H3;/q2*-1;;. The van der Waals surface area contributed by atoms with Crippen LogP contribution in [-0.2, 0) is 24.8 Å². The summed E-state index contributed by atoms with van der Waals surface area (Å²) in [6, 6.07) is 52.1. The van der Waals surface area contributed by atoms with E-state index in [1.807, 2.05) is 128 Å². The van der Waals surface area contributed by atoms with Crippen LogP contribution in [0.5, 0.6) is 0 Å². The van der Waals surface area contributed by atoms with Crippen LogP contribution in [0.15, 0.2) is 152 Å². The van der Waals surface area contributed by atoms with Crippen LogP contribution < -0.4 is 0 Å². The summed E-state index contributed by atoms with van der Waals surface area (Å²) in [6.07, 6.45) is 2.31. The number of aliphatic hydroxyl groups excluding tert-OH is 2. The monoisotopic (exact) mass is 783 g/mol. The molecule has 0 aliphatic heterocycles. The predicted molar refractivity (Wildman–Crippen MR) is 181 cm³/mol. The van der Waals surface area contributed by atoms with Gasteiger partial charge in [0.1, 0.15) is 0 Å². The summed E-state index contributed by atoms with van der Waals surface area (Å²) in [7, 11) is 1.41. The van der Waals surface area contributed by atoms with Crippen LogP contribution in [0.2, 0.25) is 0 Å². The molecule has 0 fully saturated rings. The van der Waals surface area contributed by atoms with E-state index in [9.17, 15) is 5.11 Å². The van der Waals surface area contributed by atoms with Crippen molar-refractivity contribution >= 4 is 21.5 Å². The number of methoxy groups -OCH3 is 1. The zero-order valence-electron chi connectivity index (χ0n) is 25.3. The number of nitrogens with zero attached hydrogens (tertiary/aromatic N) is 2. The average Bonchev–Trinajstić information content (AvgIpc) is 3.12. The molecule has 0 bridgehead atoms. The molecule has 2 aromatic heterocycles. The number of pyridine rings is 2. The second-order valence-electron chi connectivity index (χ2n) is 10.2. The van der Waals surface area contributed by atoms with Crippen molar-refractivity contribution in [2.75, 3.05) is 7.11 Å². The number of aliphatic hydroxyl groups is 2. The Hall–Kier alpha value is -4.55. The smallest absolute Gasteiger partial charge is 0.156 e. The van der Waals surface area contributed by atoms with Crippen LogP contribution in [-0.4, -0.2) is 33.6 Å². The van der Waals surface area contributed by atoms with Gasteiger partial charge in [-0.15, -0.1) is 71.8 Å². The van der Waals surface area contributed by atoms with Crippen molar-refractivity contribution in [3.8, 4) is 22.5 Å². The van der Waals surface area contributed by atoms with E-state index >= 15 is 0 Å². The van der Waals surface area contributed by atoms with Crippen molar-refractivity contribution in [3.63, 3.8) is 0 Å². The molecule has 2 heterocycles. The van der Waals surface area contributed by atoms with Gasteiger partial charge in [-0.25, -0.2) is 0 Å². The van der Waals surface area contributed by atoms with Crippen molar-refractivity contribution in [3.05, 3.63) is 170 Å². The molecule has 7 rings (SSSR count). The Morgan fingerprint density at radius 3 is 1.50 bits per heavy atom. The van der Waals surface area contributed by atoms with Gasteiger partial charge in [-0.3, -0.25) is 0 Å². The van der Waals surface area contributed by atoms with Gasteiger partial charge in [0.25, 0.3) is 0 Å². The summed E-state index contributed by atoms with van der Waals surface area (Å²) in [6.45, 7) is 0. The van der Waals surface area contributed by atoms with Gasteiger partial charge in [0.2, 0.25) is 0 Å². The molecule has 2 unspecified atom stereocenters. The van der Waals surface area contributed by atoms with Gasteiger partial charge in [-0.2, -0.15) is 0 Å². The molecule has 46 heavy (non-hydrogen) atoms. The summed E-state index contributed by atoms with van der Waals surface area (Å²) in [4.78, 5) is 8.89. The molecule has 0 aliphatic rings. The number of rotatable bonds is 6. The fourth-order valence-corrected chi connectivity index (χ4v) is 4.85. The topological polar surface area (TPSA) is 75.5 Å². The zero-order valence-corrected chi connectivity index (χ0v) is 27.7. The van der Waals surface area contributed by atoms with Crippen molar-refractivity contribution < 1.29 is 35.1 Å². The first-order valence-corrected chi connectivity index (χ1v) is 14.7. The first-order chi connectivity index (χ1) is 22.1. The first-order valence-electron chi connectivity index (χ1n) is 14.7. The van der Waals surface area contributed by atoms with Gasteiger partial charge in [0, 0.05) is 46.0 Å². The minimum atomic E-state index is -0.907. The third-order valence-electron chi connectivity index (χ3n) is 7.16. The molecule has 0 aliphatic carbocycles. The maximum absolute atomic E-state index is 9.58. The second-order valence-corrected chi connectivity index (χ2v) is 10.2. The van der Waals surface area contributed by atoms with E-state index in [0.29, 0.717) is 0 Å². The molecule has 7 aromatic rings. The first kappa shape index (κ1) is 34.3. The second kappa shape index (κ2) is 17.8. The number of ether oxygens (including phenoxy) is 1. The Balaban J connectivity index is 0.000000156. The number of hydrogen-bond donors (Lipinski definition) is 2. The number of fused-ring (bicyclic) bond motifs is 2. The van der Waals surface area contributed by atoms with Gasteiger partial charge in [-0.05, 0) is 50.6 Å². The van der Waals surface area contributed by atoms with Crippen molar-refractivity contribution in [1.82, 2.24) is 9.97 Å². The summed E-state index contributed by atoms with van der Waals surface area (Å²) in [5, 5.41) is 23.5. The van der Waals surface area contributed by atoms with Crippen molar-refractivity contribution in [2.24, 2.45) is 0 Å². The van der Waals surface area contributed by atoms with Crippen LogP contribution in [0.4, 0.5) is 0 Å². The van der Waals surface area contributed by atoms with Crippen LogP contribution in [0.1, 0.15) is 18.1 Å². The maximum Gasteiger partial charge on any atom is 0.156 e. The molecule has 233 valence electrons. The van der Waals surface area contributed by atoms with Crippen molar-refractivity contribution in [2.45, 2.75) is 18.8 Å². The van der Waals surface area contributed by atoms with Gasteiger partial charge >= 0.3 is 0 Å². The third kappa shape index (κ3) is 9.24. The van der Waals surface area contributed by atoms with Crippen molar-refractivity contribution in [1.29, 1.82) is 0 Å². The van der Waals surface area contributed by atoms with E-state index in [1.54, 1.807) is 0 Å². The fraction of sp³-hybridized carbons (Fsp3) is 0.100. The Morgan fingerprint density at radius 2 is 1.04 bits per heavy atom. The molecule has 5 nitrogen and oxygen atoms in total. The van der Waals surface area contributed by atoms with Gasteiger partial charge in [0.05, 0.1) is 6.10 Å². The molecule has 0 amide bonds. The minimum absolute atomic E-state index is 0. The SMILES string of the molecule is COC(O)CC(O)c1ccccc1.[Ir].[c-]1ccccc1-c1nccc2ccccc12.[c-]1ccccc1-c1nccc2ccccc12.